The molecule has 0 bridgehead atoms. The van der Waals surface area contributed by atoms with Crippen molar-refractivity contribution >= 4 is 25.6 Å². The Morgan fingerprint density at radius 3 is 2.71 bits per heavy atom. The van der Waals surface area contributed by atoms with Crippen LogP contribution in [-0.4, -0.2) is 30.1 Å². The summed E-state index contributed by atoms with van der Waals surface area (Å²) in [4.78, 5) is 11.3. The smallest absolute Gasteiger partial charge is 0.264 e. The third kappa shape index (κ3) is 4.74. The lowest BCUT2D eigenvalue weighted by Gasteiger charge is -2.07. The van der Waals surface area contributed by atoms with Gasteiger partial charge < -0.3 is 5.32 Å². The number of amides is 1. The van der Waals surface area contributed by atoms with Crippen molar-refractivity contribution in [3.05, 3.63) is 12.4 Å². The molecule has 0 aliphatic rings. The van der Waals surface area contributed by atoms with Gasteiger partial charge in [0.25, 0.3) is 9.05 Å². The number of halogens is 1. The Morgan fingerprint density at radius 2 is 2.24 bits per heavy atom. The first-order chi connectivity index (χ1) is 7.79. The van der Waals surface area contributed by atoms with Crippen LogP contribution in [0.15, 0.2) is 17.3 Å². The Balaban J connectivity index is 2.54. The Morgan fingerprint density at radius 1 is 1.59 bits per heavy atom. The fourth-order valence-electron chi connectivity index (χ4n) is 1.20. The Labute approximate surface area is 104 Å². The molecule has 0 saturated heterocycles. The van der Waals surface area contributed by atoms with Gasteiger partial charge in [0.1, 0.15) is 4.90 Å². The van der Waals surface area contributed by atoms with Crippen LogP contribution in [-0.2, 0) is 20.4 Å². The van der Waals surface area contributed by atoms with E-state index in [0.29, 0.717) is 6.54 Å². The van der Waals surface area contributed by atoms with Crippen LogP contribution < -0.4 is 5.32 Å². The monoisotopic (exact) mass is 279 g/mol. The second-order valence-corrected chi connectivity index (χ2v) is 6.42. The highest BCUT2D eigenvalue weighted by molar-refractivity contribution is 8.13. The van der Waals surface area contributed by atoms with Crippen molar-refractivity contribution in [1.82, 2.24) is 15.1 Å². The zero-order chi connectivity index (χ0) is 13.1. The molecule has 96 valence electrons. The maximum Gasteiger partial charge on any atom is 0.264 e. The van der Waals surface area contributed by atoms with E-state index < -0.39 is 9.05 Å². The molecule has 0 atom stereocenters. The largest absolute Gasteiger partial charge is 0.354 e. The van der Waals surface area contributed by atoms with E-state index in [1.807, 2.05) is 13.8 Å². The minimum atomic E-state index is -3.75. The van der Waals surface area contributed by atoms with Gasteiger partial charge in [0, 0.05) is 35.9 Å². The predicted molar refractivity (Wildman–Crippen MR) is 63.2 cm³/mol. The third-order valence-corrected chi connectivity index (χ3v) is 3.22. The van der Waals surface area contributed by atoms with E-state index in [9.17, 15) is 13.2 Å². The molecule has 0 aliphatic carbocycles. The standard InChI is InChI=1S/C9H14ClN3O3S/c1-7(2)12-9(14)3-4-13-6-8(5-11-13)17(10,15)16/h5-7H,3-4H2,1-2H3,(H,12,14). The number of rotatable bonds is 5. The number of hydrogen-bond acceptors (Lipinski definition) is 4. The quantitative estimate of drug-likeness (QED) is 0.806. The van der Waals surface area contributed by atoms with E-state index in [-0.39, 0.29) is 23.3 Å². The summed E-state index contributed by atoms with van der Waals surface area (Å²) < 4.78 is 23.3. The van der Waals surface area contributed by atoms with Gasteiger partial charge in [-0.05, 0) is 13.8 Å². The molecule has 0 aromatic carbocycles. The molecular formula is C9H14ClN3O3S. The lowest BCUT2D eigenvalue weighted by Crippen LogP contribution is -2.30. The zero-order valence-corrected chi connectivity index (χ0v) is 11.1. The van der Waals surface area contributed by atoms with Crippen LogP contribution in [0.25, 0.3) is 0 Å². The first-order valence-electron chi connectivity index (χ1n) is 5.05. The SMILES string of the molecule is CC(C)NC(=O)CCn1cc(S(=O)(=O)Cl)cn1. The minimum absolute atomic E-state index is 0.0663. The Hall–Kier alpha value is -1.08. The normalized spacial score (nSPS) is 11.8. The Bertz CT molecular complexity index is 495. The van der Waals surface area contributed by atoms with E-state index >= 15 is 0 Å². The van der Waals surface area contributed by atoms with E-state index in [4.69, 9.17) is 10.7 Å². The summed E-state index contributed by atoms with van der Waals surface area (Å²) >= 11 is 0. The molecule has 6 nitrogen and oxygen atoms in total. The van der Waals surface area contributed by atoms with Crippen LogP contribution >= 0.6 is 10.7 Å². The fraction of sp³-hybridized carbons (Fsp3) is 0.556. The van der Waals surface area contributed by atoms with Crippen LogP contribution in [0.1, 0.15) is 20.3 Å². The van der Waals surface area contributed by atoms with Crippen molar-refractivity contribution in [3.63, 3.8) is 0 Å². The van der Waals surface area contributed by atoms with E-state index in [0.717, 1.165) is 6.20 Å². The van der Waals surface area contributed by atoms with Gasteiger partial charge in [-0.3, -0.25) is 9.48 Å². The molecular weight excluding hydrogens is 266 g/mol. The number of carbonyl (C=O) groups is 1. The van der Waals surface area contributed by atoms with Crippen molar-refractivity contribution in [2.75, 3.05) is 0 Å². The van der Waals surface area contributed by atoms with Crippen molar-refractivity contribution < 1.29 is 13.2 Å². The van der Waals surface area contributed by atoms with Gasteiger partial charge in [-0.15, -0.1) is 0 Å². The number of carbonyl (C=O) groups excluding carboxylic acids is 1. The molecule has 0 fully saturated rings. The molecule has 1 heterocycles. The summed E-state index contributed by atoms with van der Waals surface area (Å²) in [5, 5.41) is 6.53. The van der Waals surface area contributed by atoms with Gasteiger partial charge in [-0.1, -0.05) is 0 Å². The van der Waals surface area contributed by atoms with Crippen LogP contribution in [0.3, 0.4) is 0 Å². The molecule has 1 aromatic heterocycles. The lowest BCUT2D eigenvalue weighted by atomic mass is 10.3. The minimum Gasteiger partial charge on any atom is -0.354 e. The second-order valence-electron chi connectivity index (χ2n) is 3.85. The Kier molecular flexibility index (Phi) is 4.53. The first kappa shape index (κ1) is 14.0. The highest BCUT2D eigenvalue weighted by atomic mass is 35.7. The fourth-order valence-corrected chi connectivity index (χ4v) is 1.86. The van der Waals surface area contributed by atoms with E-state index in [2.05, 4.69) is 10.4 Å². The van der Waals surface area contributed by atoms with Crippen molar-refractivity contribution in [1.29, 1.82) is 0 Å². The summed E-state index contributed by atoms with van der Waals surface area (Å²) in [6.07, 6.45) is 2.69. The highest BCUT2D eigenvalue weighted by Gasteiger charge is 2.13. The summed E-state index contributed by atoms with van der Waals surface area (Å²) in [6.45, 7) is 4.04. The number of nitrogens with one attached hydrogen (secondary N) is 1. The van der Waals surface area contributed by atoms with Crippen molar-refractivity contribution in [3.8, 4) is 0 Å². The number of aromatic nitrogens is 2. The van der Waals surface area contributed by atoms with Gasteiger partial charge in [0.2, 0.25) is 5.91 Å². The van der Waals surface area contributed by atoms with E-state index in [1.165, 1.54) is 10.9 Å². The summed E-state index contributed by atoms with van der Waals surface area (Å²) in [6, 6.07) is 0.0823. The molecule has 1 aromatic rings. The van der Waals surface area contributed by atoms with Crippen LogP contribution in [0.5, 0.6) is 0 Å². The summed E-state index contributed by atoms with van der Waals surface area (Å²) in [7, 11) is 1.39. The molecule has 8 heteroatoms. The molecule has 1 rings (SSSR count). The van der Waals surface area contributed by atoms with Gasteiger partial charge >= 0.3 is 0 Å². The maximum atomic E-state index is 11.3. The van der Waals surface area contributed by atoms with Gasteiger partial charge in [-0.25, -0.2) is 8.42 Å². The maximum absolute atomic E-state index is 11.3. The molecule has 0 unspecified atom stereocenters. The van der Waals surface area contributed by atoms with Crippen molar-refractivity contribution in [2.45, 2.75) is 37.8 Å². The van der Waals surface area contributed by atoms with Gasteiger partial charge in [0.15, 0.2) is 0 Å². The molecule has 17 heavy (non-hydrogen) atoms. The molecule has 0 radical (unpaired) electrons. The average Bonchev–Trinajstić information content (AvgIpc) is 2.61. The van der Waals surface area contributed by atoms with Crippen molar-refractivity contribution in [2.24, 2.45) is 0 Å². The number of nitrogens with zero attached hydrogens (tertiary/aromatic N) is 2. The number of hydrogen-bond donors (Lipinski definition) is 1. The van der Waals surface area contributed by atoms with Crippen LogP contribution in [0.2, 0.25) is 0 Å². The topological polar surface area (TPSA) is 81.1 Å². The highest BCUT2D eigenvalue weighted by Crippen LogP contribution is 2.12. The number of aryl methyl sites for hydroxylation is 1. The average molecular weight is 280 g/mol. The van der Waals surface area contributed by atoms with E-state index in [1.54, 1.807) is 0 Å². The van der Waals surface area contributed by atoms with Crippen LogP contribution in [0.4, 0.5) is 0 Å². The first-order valence-corrected chi connectivity index (χ1v) is 7.36. The molecule has 0 aliphatic heterocycles. The van der Waals surface area contributed by atoms with Gasteiger partial charge in [0.05, 0.1) is 6.20 Å². The molecule has 1 amide bonds. The molecule has 1 N–H and O–H groups in total. The summed E-state index contributed by atoms with van der Waals surface area (Å²) in [5.41, 5.74) is 0. The lowest BCUT2D eigenvalue weighted by molar-refractivity contribution is -0.121. The molecule has 0 saturated carbocycles. The summed E-state index contributed by atoms with van der Waals surface area (Å²) in [5.74, 6) is -0.106. The second kappa shape index (κ2) is 5.50. The molecule has 0 spiro atoms. The third-order valence-electron chi connectivity index (χ3n) is 1.91. The van der Waals surface area contributed by atoms with Crippen LogP contribution in [0, 0.1) is 0 Å². The van der Waals surface area contributed by atoms with Gasteiger partial charge in [-0.2, -0.15) is 5.10 Å². The zero-order valence-electron chi connectivity index (χ0n) is 9.55. The predicted octanol–water partition coefficient (Wildman–Crippen LogP) is 0.725.